The normalized spacial score (nSPS) is 0. The van der Waals surface area contributed by atoms with Crippen LogP contribution in [0.2, 0.25) is 0 Å². The second-order valence-corrected chi connectivity index (χ2v) is 0. The Morgan fingerprint density at radius 3 is 0.750 bits per heavy atom. The van der Waals surface area contributed by atoms with Crippen LogP contribution in [0.4, 0.5) is 0 Å². The van der Waals surface area contributed by atoms with Crippen molar-refractivity contribution in [1.29, 1.82) is 0 Å². The summed E-state index contributed by atoms with van der Waals surface area (Å²) in [7, 11) is 0. The van der Waals surface area contributed by atoms with Crippen LogP contribution in [0.15, 0.2) is 0 Å². The molecule has 0 fully saturated rings. The van der Waals surface area contributed by atoms with Gasteiger partial charge in [0, 0.05) is 0 Å². The average molecular weight is 337 g/mol. The first-order valence-corrected chi connectivity index (χ1v) is 0. The average Bonchev–Trinajstić information content (AvgIpc) is 0. The Kier molecular flexibility index (Phi) is 182. The van der Waals surface area contributed by atoms with Crippen LogP contribution in [0.3, 0.4) is 0 Å². The maximum atomic E-state index is 0. The molecule has 0 unspecified atom stereocenters. The van der Waals surface area contributed by atoms with Crippen molar-refractivity contribution in [3.63, 3.8) is 0 Å². The molecule has 0 aromatic rings. The van der Waals surface area contributed by atoms with E-state index in [0.717, 1.165) is 0 Å². The molecule has 0 bridgehead atoms. The zero-order valence-corrected chi connectivity index (χ0v) is 9.25. The van der Waals surface area contributed by atoms with Crippen molar-refractivity contribution in [3.8, 4) is 0 Å². The molecule has 0 heterocycles. The monoisotopic (exact) mass is 336 g/mol. The van der Waals surface area contributed by atoms with Crippen LogP contribution in [-0.2, 0) is 19.5 Å². The Balaban J connectivity index is 0. The third-order valence-corrected chi connectivity index (χ3v) is 0. The molecule has 0 aliphatic carbocycles. The van der Waals surface area contributed by atoms with E-state index in [-0.39, 0.29) is 72.9 Å². The Bertz CT molecular complexity index is 6.00. The van der Waals surface area contributed by atoms with E-state index in [1.165, 1.54) is 0 Å². The van der Waals surface area contributed by atoms with E-state index in [9.17, 15) is 0 Å². The Morgan fingerprint density at radius 1 is 0.750 bits per heavy atom. The molecule has 4 heteroatoms. The van der Waals surface area contributed by atoms with Gasteiger partial charge in [-0.05, 0) is 0 Å². The maximum absolute atomic E-state index is 0. The van der Waals surface area contributed by atoms with Crippen molar-refractivity contribution in [2.75, 3.05) is 0 Å². The largest absolute Gasteiger partial charge is 2.00 e. The predicted octanol–water partition coefficient (Wildman–Crippen LogP) is -6.82. The van der Waals surface area contributed by atoms with Gasteiger partial charge in [-0.2, -0.15) is 0 Å². The summed E-state index contributed by atoms with van der Waals surface area (Å²) < 4.78 is 0. The van der Waals surface area contributed by atoms with Gasteiger partial charge >= 0.3 is 19.5 Å². The van der Waals surface area contributed by atoms with Crippen LogP contribution in [0, 0.1) is 0 Å². The van der Waals surface area contributed by atoms with Crippen molar-refractivity contribution in [2.45, 2.75) is 0 Å². The molecule has 4 heavy (non-hydrogen) atoms. The fourth-order valence-electron chi connectivity index (χ4n) is 0. The van der Waals surface area contributed by atoms with E-state index < -0.39 is 0 Å². The topological polar surface area (TPSA) is 31.5 Å². The minimum absolute atomic E-state index is 0. The number of halogens is 2. The SMILES string of the molecule is O.[I-].[I-].[Zn+2]. The molecule has 0 aromatic carbocycles. The number of hydrogen-bond acceptors (Lipinski definition) is 0. The van der Waals surface area contributed by atoms with E-state index >= 15 is 0 Å². The molecule has 0 aromatic heterocycles. The quantitative estimate of drug-likeness (QED) is 0.311. The number of hydrogen-bond donors (Lipinski definition) is 0. The maximum Gasteiger partial charge on any atom is 2.00 e. The van der Waals surface area contributed by atoms with Gasteiger partial charge in [-0.1, -0.05) is 0 Å². The fourth-order valence-corrected chi connectivity index (χ4v) is 0. The van der Waals surface area contributed by atoms with Gasteiger partial charge in [-0.3, -0.25) is 0 Å². The summed E-state index contributed by atoms with van der Waals surface area (Å²) in [4.78, 5) is 0. The molecule has 24 valence electrons. The molecule has 1 nitrogen and oxygen atoms in total. The summed E-state index contributed by atoms with van der Waals surface area (Å²) in [5.41, 5.74) is 0. The summed E-state index contributed by atoms with van der Waals surface area (Å²) in [5, 5.41) is 0. The molecular weight excluding hydrogens is 335 g/mol. The minimum Gasteiger partial charge on any atom is -1.00 e. The van der Waals surface area contributed by atoms with E-state index in [1.54, 1.807) is 0 Å². The van der Waals surface area contributed by atoms with Gasteiger partial charge in [-0.15, -0.1) is 0 Å². The molecule has 2 N–H and O–H groups in total. The summed E-state index contributed by atoms with van der Waals surface area (Å²) in [6.07, 6.45) is 0. The van der Waals surface area contributed by atoms with Crippen molar-refractivity contribution in [3.05, 3.63) is 0 Å². The Hall–Kier alpha value is 2.04. The molecule has 0 saturated carbocycles. The fraction of sp³-hybridized carbons (Fsp3) is 0. The van der Waals surface area contributed by atoms with Gasteiger partial charge in [0.15, 0.2) is 0 Å². The molecule has 0 amide bonds. The number of rotatable bonds is 0. The van der Waals surface area contributed by atoms with E-state index in [4.69, 9.17) is 0 Å². The van der Waals surface area contributed by atoms with Gasteiger partial charge in [0.1, 0.15) is 0 Å². The van der Waals surface area contributed by atoms with Crippen LogP contribution in [0.5, 0.6) is 0 Å². The van der Waals surface area contributed by atoms with Crippen LogP contribution in [0.1, 0.15) is 0 Å². The molecule has 0 spiro atoms. The summed E-state index contributed by atoms with van der Waals surface area (Å²) in [6.45, 7) is 0. The van der Waals surface area contributed by atoms with Crippen molar-refractivity contribution >= 4 is 0 Å². The standard InChI is InChI=1S/2HI.H2O.Zn/h2*1H;1H2;/q;;;+2/p-2. The van der Waals surface area contributed by atoms with Crippen molar-refractivity contribution in [1.82, 2.24) is 0 Å². The third kappa shape index (κ3) is 8.97. The predicted molar refractivity (Wildman–Crippen MR) is 3.61 cm³/mol. The van der Waals surface area contributed by atoms with E-state index in [0.29, 0.717) is 0 Å². The first kappa shape index (κ1) is 36.8. The second kappa shape index (κ2) is 19.7. The van der Waals surface area contributed by atoms with Crippen molar-refractivity contribution in [2.24, 2.45) is 0 Å². The Morgan fingerprint density at radius 2 is 0.750 bits per heavy atom. The molecule has 0 radical (unpaired) electrons. The summed E-state index contributed by atoms with van der Waals surface area (Å²) in [5.74, 6) is 0. The van der Waals surface area contributed by atoms with Crippen LogP contribution in [-0.4, -0.2) is 5.48 Å². The molecule has 0 rings (SSSR count). The zero-order chi connectivity index (χ0) is 0. The van der Waals surface area contributed by atoms with Crippen LogP contribution in [0.25, 0.3) is 0 Å². The van der Waals surface area contributed by atoms with Crippen LogP contribution >= 0.6 is 0 Å². The van der Waals surface area contributed by atoms with Gasteiger partial charge in [-0.25, -0.2) is 0 Å². The molecule has 0 aliphatic rings. The van der Waals surface area contributed by atoms with Crippen molar-refractivity contribution < 1.29 is 72.9 Å². The summed E-state index contributed by atoms with van der Waals surface area (Å²) >= 11 is 0. The van der Waals surface area contributed by atoms with E-state index in [1.807, 2.05) is 0 Å². The van der Waals surface area contributed by atoms with Gasteiger partial charge in [0.2, 0.25) is 0 Å². The van der Waals surface area contributed by atoms with E-state index in [2.05, 4.69) is 0 Å². The minimum atomic E-state index is 0. The Labute approximate surface area is 72.0 Å². The molecule has 0 atom stereocenters. The molecular formula is H2I2OZn. The van der Waals surface area contributed by atoms with Gasteiger partial charge in [0.05, 0.1) is 0 Å². The third-order valence-electron chi connectivity index (χ3n) is 0. The smallest absolute Gasteiger partial charge is 1.00 e. The second-order valence-electron chi connectivity index (χ2n) is 0. The molecule has 0 saturated heterocycles. The molecule has 0 aliphatic heterocycles. The zero-order valence-electron chi connectivity index (χ0n) is 1.96. The first-order chi connectivity index (χ1) is 0. The summed E-state index contributed by atoms with van der Waals surface area (Å²) in [6, 6.07) is 0. The van der Waals surface area contributed by atoms with Crippen LogP contribution < -0.4 is 48.0 Å². The first-order valence-electron chi connectivity index (χ1n) is 0. The van der Waals surface area contributed by atoms with Gasteiger partial charge in [0.25, 0.3) is 0 Å². The van der Waals surface area contributed by atoms with Gasteiger partial charge < -0.3 is 53.4 Å².